The second kappa shape index (κ2) is 13.3. The second-order valence-corrected chi connectivity index (χ2v) is 7.98. The molecule has 1 aliphatic rings. The van der Waals surface area contributed by atoms with Gasteiger partial charge < -0.3 is 9.47 Å². The minimum Gasteiger partial charge on any atom is -0.494 e. The normalized spacial score (nSPS) is 14.7. The van der Waals surface area contributed by atoms with Crippen LogP contribution in [-0.4, -0.2) is 18.5 Å². The van der Waals surface area contributed by atoms with E-state index in [2.05, 4.69) is 11.9 Å². The fourth-order valence-corrected chi connectivity index (χ4v) is 3.48. The predicted molar refractivity (Wildman–Crippen MR) is 131 cm³/mol. The first-order chi connectivity index (χ1) is 15.8. The van der Waals surface area contributed by atoms with E-state index in [9.17, 15) is 4.79 Å². The van der Waals surface area contributed by atoms with Crippen LogP contribution in [0.5, 0.6) is 5.75 Å². The Hall–Kier alpha value is -3.14. The lowest BCUT2D eigenvalue weighted by molar-refractivity contribution is -0.130. The Kier molecular flexibility index (Phi) is 9.78. The molecule has 168 valence electrons. The minimum absolute atomic E-state index is 0.294. The van der Waals surface area contributed by atoms with E-state index in [1.165, 1.54) is 44.9 Å². The van der Waals surface area contributed by atoms with Crippen LogP contribution in [0, 0.1) is 0 Å². The number of nitrogens with zero attached hydrogens (tertiary/aromatic N) is 1. The van der Waals surface area contributed by atoms with Gasteiger partial charge in [-0.1, -0.05) is 94.4 Å². The molecule has 2 aromatic carbocycles. The van der Waals surface area contributed by atoms with Crippen LogP contribution in [0.1, 0.15) is 69.4 Å². The molecule has 1 heterocycles. The van der Waals surface area contributed by atoms with Crippen molar-refractivity contribution in [3.63, 3.8) is 0 Å². The van der Waals surface area contributed by atoms with Gasteiger partial charge in [0.25, 0.3) is 0 Å². The van der Waals surface area contributed by atoms with Crippen LogP contribution in [0.2, 0.25) is 0 Å². The van der Waals surface area contributed by atoms with Crippen molar-refractivity contribution < 1.29 is 14.3 Å². The number of allylic oxidation sites excluding steroid dienone is 2. The molecule has 32 heavy (non-hydrogen) atoms. The molecule has 4 nitrogen and oxygen atoms in total. The summed E-state index contributed by atoms with van der Waals surface area (Å²) in [5, 5.41) is 0. The number of cyclic esters (lactones) is 1. The first-order valence-electron chi connectivity index (χ1n) is 11.7. The third-order valence-electron chi connectivity index (χ3n) is 5.33. The lowest BCUT2D eigenvalue weighted by Crippen LogP contribution is -2.05. The van der Waals surface area contributed by atoms with Crippen molar-refractivity contribution in [2.24, 2.45) is 4.99 Å². The highest BCUT2D eigenvalue weighted by Crippen LogP contribution is 2.20. The van der Waals surface area contributed by atoms with E-state index >= 15 is 0 Å². The van der Waals surface area contributed by atoms with Gasteiger partial charge in [-0.3, -0.25) is 0 Å². The van der Waals surface area contributed by atoms with Crippen molar-refractivity contribution in [3.8, 4) is 5.75 Å². The van der Waals surface area contributed by atoms with Crippen molar-refractivity contribution in [3.05, 3.63) is 83.6 Å². The van der Waals surface area contributed by atoms with E-state index in [0.717, 1.165) is 29.9 Å². The van der Waals surface area contributed by atoms with Crippen LogP contribution >= 0.6 is 0 Å². The molecule has 4 heteroatoms. The molecule has 0 fully saturated rings. The number of rotatable bonds is 13. The van der Waals surface area contributed by atoms with Gasteiger partial charge >= 0.3 is 5.97 Å². The number of aliphatic imine (C=N–C) groups is 1. The van der Waals surface area contributed by atoms with Crippen LogP contribution in [0.4, 0.5) is 0 Å². The van der Waals surface area contributed by atoms with E-state index in [-0.39, 0.29) is 0 Å². The van der Waals surface area contributed by atoms with Gasteiger partial charge in [-0.05, 0) is 42.3 Å². The Labute approximate surface area is 191 Å². The lowest BCUT2D eigenvalue weighted by Gasteiger charge is -2.07. The van der Waals surface area contributed by atoms with Gasteiger partial charge in [0, 0.05) is 5.56 Å². The molecule has 0 radical (unpaired) electrons. The third-order valence-corrected chi connectivity index (χ3v) is 5.33. The molecule has 0 unspecified atom stereocenters. The molecule has 0 N–H and O–H groups in total. The van der Waals surface area contributed by atoms with Crippen LogP contribution in [-0.2, 0) is 9.53 Å². The van der Waals surface area contributed by atoms with E-state index < -0.39 is 5.97 Å². The van der Waals surface area contributed by atoms with Crippen LogP contribution in [0.25, 0.3) is 6.08 Å². The molecule has 0 saturated carbocycles. The maximum absolute atomic E-state index is 12.1. The quantitative estimate of drug-likeness (QED) is 0.193. The van der Waals surface area contributed by atoms with Gasteiger partial charge in [0.15, 0.2) is 5.70 Å². The van der Waals surface area contributed by atoms with Gasteiger partial charge in [0.1, 0.15) is 5.75 Å². The highest BCUT2D eigenvalue weighted by molar-refractivity contribution is 6.11. The monoisotopic (exact) mass is 431 g/mol. The number of ether oxygens (including phenoxy) is 2. The summed E-state index contributed by atoms with van der Waals surface area (Å²) in [4.78, 5) is 16.4. The van der Waals surface area contributed by atoms with Crippen molar-refractivity contribution in [2.75, 3.05) is 6.61 Å². The molecule has 0 aromatic heterocycles. The molecule has 2 aromatic rings. The first-order valence-corrected chi connectivity index (χ1v) is 11.7. The molecule has 0 atom stereocenters. The Morgan fingerprint density at radius 3 is 2.28 bits per heavy atom. The fraction of sp³-hybridized carbons (Fsp3) is 0.357. The van der Waals surface area contributed by atoms with E-state index in [4.69, 9.17) is 9.47 Å². The predicted octanol–water partition coefficient (Wildman–Crippen LogP) is 7.11. The average molecular weight is 432 g/mol. The van der Waals surface area contributed by atoms with Crippen molar-refractivity contribution in [1.82, 2.24) is 0 Å². The number of carbonyl (C=O) groups excluding carboxylic acids is 1. The number of unbranched alkanes of at least 4 members (excludes halogenated alkanes) is 7. The summed E-state index contributed by atoms with van der Waals surface area (Å²) in [5.74, 6) is 0.708. The first kappa shape index (κ1) is 23.5. The molecular weight excluding hydrogens is 398 g/mol. The van der Waals surface area contributed by atoms with Crippen LogP contribution in [0.15, 0.2) is 77.4 Å². The molecule has 0 spiro atoms. The number of carbonyl (C=O) groups is 1. The maximum atomic E-state index is 12.1. The number of hydrogen-bond donors (Lipinski definition) is 0. The average Bonchev–Trinajstić information content (AvgIpc) is 3.19. The molecule has 3 rings (SSSR count). The zero-order valence-corrected chi connectivity index (χ0v) is 19.0. The zero-order valence-electron chi connectivity index (χ0n) is 19.0. The molecule has 0 saturated heterocycles. The fourth-order valence-electron chi connectivity index (χ4n) is 3.48. The van der Waals surface area contributed by atoms with Gasteiger partial charge in [-0.2, -0.15) is 0 Å². The summed E-state index contributed by atoms with van der Waals surface area (Å²) in [6, 6.07) is 17.4. The molecule has 1 aliphatic heterocycles. The molecule has 0 aliphatic carbocycles. The molecule has 0 amide bonds. The second-order valence-electron chi connectivity index (χ2n) is 7.98. The third kappa shape index (κ3) is 7.84. The summed E-state index contributed by atoms with van der Waals surface area (Å²) < 4.78 is 11.2. The smallest absolute Gasteiger partial charge is 0.363 e. The highest BCUT2D eigenvalue weighted by Gasteiger charge is 2.23. The SMILES string of the molecule is CCCCCCCCCCOc1ccc(C2=N/C(=C\C=C\c3ccccc3)C(=O)O2)cc1. The molecular formula is C28H33NO3. The van der Waals surface area contributed by atoms with Crippen molar-refractivity contribution in [2.45, 2.75) is 58.3 Å². The lowest BCUT2D eigenvalue weighted by atomic mass is 10.1. The van der Waals surface area contributed by atoms with E-state index in [1.54, 1.807) is 12.2 Å². The topological polar surface area (TPSA) is 47.9 Å². The molecule has 0 bridgehead atoms. The standard InChI is InChI=1S/C28H33NO3/c1-2-3-4-5-6-7-8-12-22-31-25-20-18-24(19-21-25)27-29-26(28(30)32-27)17-13-16-23-14-10-9-11-15-23/h9-11,13-21H,2-8,12,22H2,1H3/b16-13+,26-17-. The van der Waals surface area contributed by atoms with Crippen LogP contribution < -0.4 is 4.74 Å². The Bertz CT molecular complexity index is 927. The van der Waals surface area contributed by atoms with Gasteiger partial charge in [-0.15, -0.1) is 0 Å². The summed E-state index contributed by atoms with van der Waals surface area (Å²) in [5.41, 5.74) is 2.11. The zero-order chi connectivity index (χ0) is 22.4. The maximum Gasteiger partial charge on any atom is 0.363 e. The Morgan fingerprint density at radius 1 is 0.875 bits per heavy atom. The summed E-state index contributed by atoms with van der Waals surface area (Å²) in [6.45, 7) is 2.97. The summed E-state index contributed by atoms with van der Waals surface area (Å²) in [7, 11) is 0. The van der Waals surface area contributed by atoms with Gasteiger partial charge in [-0.25, -0.2) is 9.79 Å². The minimum atomic E-state index is -0.437. The van der Waals surface area contributed by atoms with Crippen molar-refractivity contribution in [1.29, 1.82) is 0 Å². The van der Waals surface area contributed by atoms with Crippen LogP contribution in [0.3, 0.4) is 0 Å². The van der Waals surface area contributed by atoms with Crippen molar-refractivity contribution >= 4 is 17.9 Å². The van der Waals surface area contributed by atoms with E-state index in [0.29, 0.717) is 11.6 Å². The summed E-state index contributed by atoms with van der Waals surface area (Å²) in [6.07, 6.45) is 15.7. The van der Waals surface area contributed by atoms with Gasteiger partial charge in [0.2, 0.25) is 5.90 Å². The highest BCUT2D eigenvalue weighted by atomic mass is 16.6. The largest absolute Gasteiger partial charge is 0.494 e. The number of esters is 1. The van der Waals surface area contributed by atoms with Gasteiger partial charge in [0.05, 0.1) is 6.61 Å². The van der Waals surface area contributed by atoms with E-state index in [1.807, 2.05) is 60.7 Å². The summed E-state index contributed by atoms with van der Waals surface area (Å²) >= 11 is 0. The number of hydrogen-bond acceptors (Lipinski definition) is 4. The number of benzene rings is 2. The Balaban J connectivity index is 1.43. The Morgan fingerprint density at radius 2 is 1.56 bits per heavy atom.